The van der Waals surface area contributed by atoms with E-state index in [9.17, 15) is 0 Å². The van der Waals surface area contributed by atoms with E-state index in [1.165, 1.54) is 99.3 Å². The number of anilines is 7. The number of benzene rings is 8. The van der Waals surface area contributed by atoms with Gasteiger partial charge in [0.05, 0.1) is 56.9 Å². The largest absolute Gasteiger partial charge is 0.453 e. The van der Waals surface area contributed by atoms with Gasteiger partial charge in [-0.15, -0.1) is 0 Å². The topological polar surface area (TPSA) is 33.1 Å². The molecule has 0 amide bonds. The summed E-state index contributed by atoms with van der Waals surface area (Å²) in [7, 11) is -3.43. The second kappa shape index (κ2) is 16.3. The molecule has 0 radical (unpaired) electrons. The van der Waals surface area contributed by atoms with Crippen molar-refractivity contribution in [3.8, 4) is 22.9 Å². The summed E-state index contributed by atoms with van der Waals surface area (Å²) >= 11 is 0. The molecular formula is C74H74N4O2Si. The summed E-state index contributed by atoms with van der Waals surface area (Å²) in [6, 6.07) is 61.0. The highest BCUT2D eigenvalue weighted by atomic mass is 28.3. The summed E-state index contributed by atoms with van der Waals surface area (Å²) in [5, 5.41) is 6.69. The molecule has 1 aromatic heterocycles. The number of hydrogen-bond donors (Lipinski definition) is 0. The quantitative estimate of drug-likeness (QED) is 0.165. The SMILES string of the molecule is CC(C)(C)C1=CC2C3C4=C1Oc1cc(C(C)(C)C)ccc1N4c1cc(-n4c5ccccc5c5ccccc54)cc4c1[Si]3(c1ccccc1)c1c(cc(C(C)(C)C)c3c1N4c1ccc(C(C)(C)C)cc1O3)N2c1ccc(C(C)(C)C)cc1. The smallest absolute Gasteiger partial charge is 0.170 e. The zero-order valence-corrected chi connectivity index (χ0v) is 50.8. The van der Waals surface area contributed by atoms with Gasteiger partial charge < -0.3 is 28.7 Å². The summed E-state index contributed by atoms with van der Waals surface area (Å²) in [6.07, 6.45) is 2.66. The fourth-order valence-corrected chi connectivity index (χ4v) is 21.2. The Morgan fingerprint density at radius 1 is 0.432 bits per heavy atom. The van der Waals surface area contributed by atoms with E-state index < -0.39 is 8.07 Å². The first-order chi connectivity index (χ1) is 38.3. The molecule has 3 unspecified atom stereocenters. The van der Waals surface area contributed by atoms with Crippen LogP contribution in [0.2, 0.25) is 5.54 Å². The Morgan fingerprint density at radius 2 is 0.963 bits per heavy atom. The van der Waals surface area contributed by atoms with Crippen LogP contribution in [0.4, 0.5) is 39.8 Å². The number of fused-ring (bicyclic) bond motifs is 9. The molecule has 0 saturated carbocycles. The average Bonchev–Trinajstić information content (AvgIpc) is 1.04. The molecule has 0 spiro atoms. The second-order valence-electron chi connectivity index (χ2n) is 29.1. The Kier molecular flexibility index (Phi) is 10.1. The van der Waals surface area contributed by atoms with E-state index in [-0.39, 0.29) is 38.7 Å². The minimum atomic E-state index is -3.43. The van der Waals surface area contributed by atoms with Gasteiger partial charge in [0.15, 0.2) is 31.1 Å². The Balaban J connectivity index is 1.19. The highest BCUT2D eigenvalue weighted by Gasteiger charge is 2.68. The van der Waals surface area contributed by atoms with Crippen molar-refractivity contribution in [2.24, 2.45) is 5.41 Å². The molecule has 6 heterocycles. The van der Waals surface area contributed by atoms with E-state index in [0.29, 0.717) is 0 Å². The summed E-state index contributed by atoms with van der Waals surface area (Å²) in [5.41, 5.74) is 18.2. The molecule has 5 aliphatic heterocycles. The van der Waals surface area contributed by atoms with Crippen molar-refractivity contribution < 1.29 is 9.47 Å². The molecular weight excluding hydrogens is 1000 g/mol. The third-order valence-corrected chi connectivity index (χ3v) is 24.2. The maximum absolute atomic E-state index is 7.81. The van der Waals surface area contributed by atoms with Crippen LogP contribution < -0.4 is 39.7 Å². The van der Waals surface area contributed by atoms with Crippen molar-refractivity contribution in [1.82, 2.24) is 4.57 Å². The molecule has 7 heteroatoms. The van der Waals surface area contributed by atoms with Gasteiger partial charge in [-0.1, -0.05) is 201 Å². The average molecular weight is 1080 g/mol. The van der Waals surface area contributed by atoms with Gasteiger partial charge in [-0.2, -0.15) is 0 Å². The monoisotopic (exact) mass is 1080 g/mol. The Bertz CT molecular complexity index is 4220. The molecule has 9 aromatic rings. The molecule has 0 N–H and O–H groups in total. The van der Waals surface area contributed by atoms with Crippen LogP contribution in [0.15, 0.2) is 181 Å². The van der Waals surface area contributed by atoms with Crippen LogP contribution in [0.1, 0.15) is 126 Å². The van der Waals surface area contributed by atoms with Crippen LogP contribution in [0, 0.1) is 5.41 Å². The molecule has 3 atom stereocenters. The molecule has 81 heavy (non-hydrogen) atoms. The van der Waals surface area contributed by atoms with Gasteiger partial charge in [-0.05, 0) is 121 Å². The molecule has 8 aromatic carbocycles. The van der Waals surface area contributed by atoms with Crippen molar-refractivity contribution in [3.05, 3.63) is 203 Å². The van der Waals surface area contributed by atoms with E-state index in [2.05, 4.69) is 287 Å². The van der Waals surface area contributed by atoms with E-state index in [1.54, 1.807) is 0 Å². The molecule has 0 saturated heterocycles. The lowest BCUT2D eigenvalue weighted by Gasteiger charge is -2.63. The molecule has 406 valence electrons. The Hall–Kier alpha value is -7.74. The standard InChI is InChI=1S/C74H74N4O2Si/c1-70(2,3)43-29-33-46(34-30-43)75-59-41-51(73(10,11)12)65-63-68(59)81(48-23-17-16-18-24-48)67-57(77(63)55-35-31-44(71(4,5)6)37-61(55)79-65)39-47(76-53-27-21-19-25-49(53)50-26-20-22-28-54(50)76)40-58(67)78-56-36-32-45(72(7,8)9)38-62(56)80-66-52(74(13,14)15)42-60(75)69(81)64(66)78/h16-42,59,68H,1-15H3. The summed E-state index contributed by atoms with van der Waals surface area (Å²) < 4.78 is 18.1. The van der Waals surface area contributed by atoms with Crippen LogP contribution in [0.3, 0.4) is 0 Å². The highest BCUT2D eigenvalue weighted by molar-refractivity contribution is 7.16. The van der Waals surface area contributed by atoms with Gasteiger partial charge in [-0.3, -0.25) is 0 Å². The third kappa shape index (κ3) is 6.85. The van der Waals surface area contributed by atoms with Crippen LogP contribution >= 0.6 is 0 Å². The maximum atomic E-state index is 7.81. The predicted molar refractivity (Wildman–Crippen MR) is 341 cm³/mol. The first-order valence-corrected chi connectivity index (χ1v) is 31.5. The Labute approximate surface area is 480 Å². The van der Waals surface area contributed by atoms with Gasteiger partial charge in [0, 0.05) is 44.0 Å². The molecule has 0 fully saturated rings. The first-order valence-electron chi connectivity index (χ1n) is 29.4. The van der Waals surface area contributed by atoms with Gasteiger partial charge in [0.2, 0.25) is 0 Å². The second-order valence-corrected chi connectivity index (χ2v) is 32.9. The van der Waals surface area contributed by atoms with Crippen molar-refractivity contribution in [2.45, 2.75) is 137 Å². The number of allylic oxidation sites excluding steroid dienone is 1. The van der Waals surface area contributed by atoms with Crippen molar-refractivity contribution in [1.29, 1.82) is 0 Å². The van der Waals surface area contributed by atoms with Crippen molar-refractivity contribution in [3.63, 3.8) is 0 Å². The van der Waals surface area contributed by atoms with Crippen LogP contribution in [0.25, 0.3) is 27.5 Å². The van der Waals surface area contributed by atoms with Crippen LogP contribution in [-0.2, 0) is 21.7 Å². The number of aromatic nitrogens is 1. The number of hydrogen-bond acceptors (Lipinski definition) is 5. The van der Waals surface area contributed by atoms with Crippen molar-refractivity contribution in [2.75, 3.05) is 14.7 Å². The fraction of sp³-hybridized carbons (Fsp3) is 0.297. The number of ether oxygens (including phenoxy) is 2. The summed E-state index contributed by atoms with van der Waals surface area (Å²) in [4.78, 5) is 8.16. The lowest BCUT2D eigenvalue weighted by molar-refractivity contribution is 0.364. The van der Waals surface area contributed by atoms with Gasteiger partial charge >= 0.3 is 0 Å². The lowest BCUT2D eigenvalue weighted by atomic mass is 9.78. The highest BCUT2D eigenvalue weighted by Crippen LogP contribution is 2.67. The zero-order chi connectivity index (χ0) is 56.4. The third-order valence-electron chi connectivity index (χ3n) is 18.8. The van der Waals surface area contributed by atoms with Crippen molar-refractivity contribution >= 4 is 85.3 Å². The lowest BCUT2D eigenvalue weighted by Crippen LogP contribution is -2.81. The van der Waals surface area contributed by atoms with E-state index >= 15 is 0 Å². The van der Waals surface area contributed by atoms with E-state index in [4.69, 9.17) is 9.47 Å². The van der Waals surface area contributed by atoms with Gasteiger partial charge in [0.25, 0.3) is 0 Å². The van der Waals surface area contributed by atoms with E-state index in [0.717, 1.165) is 40.1 Å². The zero-order valence-electron chi connectivity index (χ0n) is 49.8. The molecule has 0 bridgehead atoms. The number of para-hydroxylation sites is 2. The Morgan fingerprint density at radius 3 is 1.53 bits per heavy atom. The summed E-state index contributed by atoms with van der Waals surface area (Å²) in [5.74, 6) is 3.72. The maximum Gasteiger partial charge on any atom is 0.170 e. The number of nitrogens with zero attached hydrogens (tertiary/aromatic N) is 4. The fourth-order valence-electron chi connectivity index (χ4n) is 14.9. The van der Waals surface area contributed by atoms with E-state index in [1.807, 2.05) is 0 Å². The minimum absolute atomic E-state index is 0.0171. The van der Waals surface area contributed by atoms with Gasteiger partial charge in [-0.25, -0.2) is 0 Å². The predicted octanol–water partition coefficient (Wildman–Crippen LogP) is 18.0. The minimum Gasteiger partial charge on any atom is -0.453 e. The van der Waals surface area contributed by atoms with Crippen LogP contribution in [0.5, 0.6) is 17.2 Å². The molecule has 1 aliphatic carbocycles. The summed E-state index contributed by atoms with van der Waals surface area (Å²) in [6.45, 7) is 35.1. The van der Waals surface area contributed by atoms with Gasteiger partial charge in [0.1, 0.15) is 0 Å². The van der Waals surface area contributed by atoms with Crippen LogP contribution in [-0.4, -0.2) is 18.7 Å². The number of rotatable bonds is 3. The normalized spacial score (nSPS) is 19.5. The molecule has 6 nitrogen and oxygen atoms in total. The first kappa shape index (κ1) is 50.2. The molecule has 15 rings (SSSR count). The molecule has 6 aliphatic rings.